The molecule has 0 spiro atoms. The van der Waals surface area contributed by atoms with Crippen LogP contribution in [0.4, 0.5) is 5.95 Å². The van der Waals surface area contributed by atoms with Crippen LogP contribution in [-0.4, -0.2) is 29.7 Å². The van der Waals surface area contributed by atoms with Gasteiger partial charge >= 0.3 is 0 Å². The largest absolute Gasteiger partial charge is 0.289 e. The van der Waals surface area contributed by atoms with Crippen molar-refractivity contribution in [1.29, 1.82) is 0 Å². The van der Waals surface area contributed by atoms with Crippen molar-refractivity contribution in [2.75, 3.05) is 12.5 Å². The Balaban J connectivity index is 1.66. The lowest BCUT2D eigenvalue weighted by Crippen LogP contribution is -2.27. The molecule has 0 aliphatic heterocycles. The summed E-state index contributed by atoms with van der Waals surface area (Å²) in [7, 11) is -1.99. The second-order valence-electron chi connectivity index (χ2n) is 5.95. The van der Waals surface area contributed by atoms with Gasteiger partial charge in [0.15, 0.2) is 0 Å². The zero-order valence-corrected chi connectivity index (χ0v) is 15.7. The van der Waals surface area contributed by atoms with Crippen molar-refractivity contribution in [3.8, 4) is 0 Å². The summed E-state index contributed by atoms with van der Waals surface area (Å²) in [5, 5.41) is 0. The Morgan fingerprint density at radius 3 is 2.37 bits per heavy atom. The van der Waals surface area contributed by atoms with E-state index in [9.17, 15) is 8.42 Å². The predicted molar refractivity (Wildman–Crippen MR) is 104 cm³/mol. The molecule has 2 aromatic carbocycles. The lowest BCUT2D eigenvalue weighted by molar-refractivity contribution is 0.466. The standard InChI is InChI=1S/C19H21N5O2S/c1-24(15-16-7-3-2-4-8-16)27(25,26)18-10-5-9-17(13-18)14-22-23-19-20-11-6-12-21-19/h2-13,22H,14-15H2,1H3,(H,20,21,23). The van der Waals surface area contributed by atoms with Crippen LogP contribution < -0.4 is 10.9 Å². The van der Waals surface area contributed by atoms with Gasteiger partial charge in [-0.2, -0.15) is 4.31 Å². The van der Waals surface area contributed by atoms with Crippen LogP contribution in [-0.2, 0) is 23.1 Å². The molecule has 0 unspecified atom stereocenters. The van der Waals surface area contributed by atoms with E-state index in [4.69, 9.17) is 0 Å². The summed E-state index contributed by atoms with van der Waals surface area (Å²) < 4.78 is 27.1. The Labute approximate surface area is 159 Å². The average Bonchev–Trinajstić information content (AvgIpc) is 2.70. The Bertz CT molecular complexity index is 966. The molecule has 0 aliphatic carbocycles. The van der Waals surface area contributed by atoms with Gasteiger partial charge in [-0.15, -0.1) is 0 Å². The van der Waals surface area contributed by atoms with E-state index < -0.39 is 10.0 Å². The lowest BCUT2D eigenvalue weighted by Gasteiger charge is -2.18. The summed E-state index contributed by atoms with van der Waals surface area (Å²) in [6, 6.07) is 18.1. The summed E-state index contributed by atoms with van der Waals surface area (Å²) in [6.45, 7) is 0.739. The minimum atomic E-state index is -3.58. The second kappa shape index (κ2) is 8.72. The molecule has 0 saturated heterocycles. The fraction of sp³-hybridized carbons (Fsp3) is 0.158. The highest BCUT2D eigenvalue weighted by Crippen LogP contribution is 2.18. The van der Waals surface area contributed by atoms with E-state index in [0.717, 1.165) is 11.1 Å². The minimum absolute atomic E-state index is 0.260. The van der Waals surface area contributed by atoms with Crippen molar-refractivity contribution < 1.29 is 8.42 Å². The molecule has 0 saturated carbocycles. The molecular formula is C19H21N5O2S. The van der Waals surface area contributed by atoms with Gasteiger partial charge in [0.05, 0.1) is 4.90 Å². The first-order chi connectivity index (χ1) is 13.1. The Hall–Kier alpha value is -2.81. The number of hydrogen-bond acceptors (Lipinski definition) is 6. The van der Waals surface area contributed by atoms with Gasteiger partial charge < -0.3 is 0 Å². The number of anilines is 1. The van der Waals surface area contributed by atoms with Gasteiger partial charge in [0.25, 0.3) is 0 Å². The maximum absolute atomic E-state index is 12.9. The molecule has 1 aromatic heterocycles. The number of nitrogens with zero attached hydrogens (tertiary/aromatic N) is 3. The third kappa shape index (κ3) is 5.10. The molecule has 0 fully saturated rings. The minimum Gasteiger partial charge on any atom is -0.289 e. The summed E-state index contributed by atoms with van der Waals surface area (Å²) in [4.78, 5) is 8.35. The van der Waals surface area contributed by atoms with Gasteiger partial charge in [-0.3, -0.25) is 5.43 Å². The van der Waals surface area contributed by atoms with E-state index in [1.165, 1.54) is 4.31 Å². The van der Waals surface area contributed by atoms with Gasteiger partial charge in [-0.25, -0.2) is 23.8 Å². The molecule has 2 N–H and O–H groups in total. The summed E-state index contributed by atoms with van der Waals surface area (Å²) in [5.41, 5.74) is 7.62. The maximum atomic E-state index is 12.9. The maximum Gasteiger partial charge on any atom is 0.243 e. The number of nitrogens with one attached hydrogen (secondary N) is 2. The van der Waals surface area contributed by atoms with Gasteiger partial charge in [0.1, 0.15) is 0 Å². The van der Waals surface area contributed by atoms with Crippen LogP contribution >= 0.6 is 0 Å². The smallest absolute Gasteiger partial charge is 0.243 e. The van der Waals surface area contributed by atoms with Crippen LogP contribution in [0.1, 0.15) is 11.1 Å². The fourth-order valence-corrected chi connectivity index (χ4v) is 3.74. The van der Waals surface area contributed by atoms with Crippen molar-refractivity contribution in [3.05, 3.63) is 84.2 Å². The Kier molecular flexibility index (Phi) is 6.12. The molecule has 8 heteroatoms. The SMILES string of the molecule is CN(Cc1ccccc1)S(=O)(=O)c1cccc(CNNc2ncccn2)c1. The van der Waals surface area contributed by atoms with Crippen LogP contribution in [0, 0.1) is 0 Å². The van der Waals surface area contributed by atoms with Crippen LogP contribution in [0.25, 0.3) is 0 Å². The molecule has 140 valence electrons. The first kappa shape index (κ1) is 19.0. The normalized spacial score (nSPS) is 11.5. The summed E-state index contributed by atoms with van der Waals surface area (Å²) in [5.74, 6) is 0.448. The quantitative estimate of drug-likeness (QED) is 0.581. The summed E-state index contributed by atoms with van der Waals surface area (Å²) in [6.07, 6.45) is 3.26. The number of hydrazine groups is 1. The van der Waals surface area contributed by atoms with Crippen LogP contribution in [0.3, 0.4) is 0 Å². The van der Waals surface area contributed by atoms with Crippen LogP contribution in [0.2, 0.25) is 0 Å². The van der Waals surface area contributed by atoms with Crippen LogP contribution in [0.15, 0.2) is 78.0 Å². The molecule has 3 aromatic rings. The zero-order valence-electron chi connectivity index (χ0n) is 14.9. The summed E-state index contributed by atoms with van der Waals surface area (Å²) >= 11 is 0. The average molecular weight is 383 g/mol. The molecule has 0 bridgehead atoms. The van der Waals surface area contributed by atoms with E-state index in [2.05, 4.69) is 20.8 Å². The topological polar surface area (TPSA) is 87.2 Å². The third-order valence-corrected chi connectivity index (χ3v) is 5.71. The molecule has 0 radical (unpaired) electrons. The van der Waals surface area contributed by atoms with Gasteiger partial charge in [-0.1, -0.05) is 42.5 Å². The van der Waals surface area contributed by atoms with Gasteiger partial charge in [-0.05, 0) is 29.3 Å². The van der Waals surface area contributed by atoms with E-state index in [1.54, 1.807) is 43.7 Å². The molecule has 1 heterocycles. The number of rotatable bonds is 8. The van der Waals surface area contributed by atoms with Crippen molar-refractivity contribution in [3.63, 3.8) is 0 Å². The molecule has 3 rings (SSSR count). The Morgan fingerprint density at radius 2 is 1.63 bits per heavy atom. The molecular weight excluding hydrogens is 362 g/mol. The molecule has 27 heavy (non-hydrogen) atoms. The lowest BCUT2D eigenvalue weighted by atomic mass is 10.2. The molecule has 7 nitrogen and oxygen atoms in total. The first-order valence-corrected chi connectivity index (χ1v) is 9.85. The Morgan fingerprint density at radius 1 is 0.926 bits per heavy atom. The number of benzene rings is 2. The van der Waals surface area contributed by atoms with E-state index >= 15 is 0 Å². The first-order valence-electron chi connectivity index (χ1n) is 8.41. The monoisotopic (exact) mass is 383 g/mol. The second-order valence-corrected chi connectivity index (χ2v) is 7.99. The highest BCUT2D eigenvalue weighted by Gasteiger charge is 2.21. The molecule has 0 amide bonds. The van der Waals surface area contributed by atoms with E-state index in [1.807, 2.05) is 36.4 Å². The number of sulfonamides is 1. The number of hydrogen-bond donors (Lipinski definition) is 2. The van der Waals surface area contributed by atoms with Crippen molar-refractivity contribution in [2.45, 2.75) is 18.0 Å². The highest BCUT2D eigenvalue weighted by molar-refractivity contribution is 7.89. The van der Waals surface area contributed by atoms with E-state index in [-0.39, 0.29) is 4.90 Å². The fourth-order valence-electron chi connectivity index (χ4n) is 2.51. The van der Waals surface area contributed by atoms with Gasteiger partial charge in [0, 0.05) is 32.5 Å². The van der Waals surface area contributed by atoms with Crippen molar-refractivity contribution in [2.24, 2.45) is 0 Å². The third-order valence-electron chi connectivity index (χ3n) is 3.91. The predicted octanol–water partition coefficient (Wildman–Crippen LogP) is 2.41. The van der Waals surface area contributed by atoms with Gasteiger partial charge in [0.2, 0.25) is 16.0 Å². The van der Waals surface area contributed by atoms with Crippen molar-refractivity contribution >= 4 is 16.0 Å². The molecule has 0 aliphatic rings. The van der Waals surface area contributed by atoms with Crippen molar-refractivity contribution in [1.82, 2.24) is 19.7 Å². The van der Waals surface area contributed by atoms with E-state index in [0.29, 0.717) is 19.0 Å². The zero-order chi connectivity index (χ0) is 19.1. The highest BCUT2D eigenvalue weighted by atomic mass is 32.2. The molecule has 0 atom stereocenters. The van der Waals surface area contributed by atoms with Crippen LogP contribution in [0.5, 0.6) is 0 Å². The number of aromatic nitrogens is 2.